The molecule has 1 fully saturated rings. The Kier molecular flexibility index (Phi) is 6.18. The zero-order chi connectivity index (χ0) is 18.8. The number of benzene rings is 1. The molecular formula is C17H26FN3O3S. The lowest BCUT2D eigenvalue weighted by molar-refractivity contribution is -0.129. The van der Waals surface area contributed by atoms with Crippen molar-refractivity contribution in [3.8, 4) is 0 Å². The molecule has 1 aromatic rings. The highest BCUT2D eigenvalue weighted by Gasteiger charge is 2.39. The fourth-order valence-electron chi connectivity index (χ4n) is 3.06. The number of hydrogen-bond donors (Lipinski definition) is 1. The van der Waals surface area contributed by atoms with E-state index >= 15 is 0 Å². The smallest absolute Gasteiger partial charge is 0.279 e. The third-order valence-electron chi connectivity index (χ3n) is 4.60. The third kappa shape index (κ3) is 4.99. The molecule has 1 aliphatic heterocycles. The lowest BCUT2D eigenvalue weighted by atomic mass is 9.92. The molecule has 8 heteroatoms. The number of hydrogen-bond acceptors (Lipinski definition) is 3. The molecule has 0 aromatic heterocycles. The van der Waals surface area contributed by atoms with E-state index < -0.39 is 10.2 Å². The maximum Gasteiger partial charge on any atom is 0.279 e. The number of likely N-dealkylation sites (tertiary alicyclic amines) is 1. The Hall–Kier alpha value is -1.51. The first-order chi connectivity index (χ1) is 11.6. The summed E-state index contributed by atoms with van der Waals surface area (Å²) in [5.41, 5.74) is 0.614. The second kappa shape index (κ2) is 7.80. The van der Waals surface area contributed by atoms with E-state index in [-0.39, 0.29) is 36.0 Å². The van der Waals surface area contributed by atoms with Gasteiger partial charge in [-0.15, -0.1) is 0 Å². The Balaban J connectivity index is 2.09. The van der Waals surface area contributed by atoms with Crippen LogP contribution in [0.15, 0.2) is 24.3 Å². The molecule has 1 heterocycles. The number of halogens is 1. The Morgan fingerprint density at radius 3 is 2.60 bits per heavy atom. The van der Waals surface area contributed by atoms with Gasteiger partial charge in [0.1, 0.15) is 5.82 Å². The highest BCUT2D eigenvalue weighted by molar-refractivity contribution is 7.87. The second-order valence-corrected chi connectivity index (χ2v) is 8.94. The molecule has 2 rings (SSSR count). The fraction of sp³-hybridized carbons (Fsp3) is 0.588. The van der Waals surface area contributed by atoms with Crippen molar-refractivity contribution in [2.45, 2.75) is 26.3 Å². The van der Waals surface area contributed by atoms with Crippen LogP contribution >= 0.6 is 0 Å². The minimum atomic E-state index is -3.57. The SMILES string of the molecule is CC(C)[C@@H]1CN(C(=O)Cc2cccc(F)c2)C[C@H]1NS(=O)(=O)N(C)C. The van der Waals surface area contributed by atoms with Crippen LogP contribution in [0.1, 0.15) is 19.4 Å². The summed E-state index contributed by atoms with van der Waals surface area (Å²) in [5, 5.41) is 0. The quantitative estimate of drug-likeness (QED) is 0.818. The van der Waals surface area contributed by atoms with Gasteiger partial charge in [-0.3, -0.25) is 4.79 Å². The normalized spacial score (nSPS) is 21.3. The first-order valence-electron chi connectivity index (χ1n) is 8.32. The monoisotopic (exact) mass is 371 g/mol. The first kappa shape index (κ1) is 19.8. The Bertz CT molecular complexity index is 722. The molecule has 140 valence electrons. The topological polar surface area (TPSA) is 69.7 Å². The molecule has 0 spiro atoms. The number of carbonyl (C=O) groups excluding carboxylic acids is 1. The van der Waals surface area contributed by atoms with E-state index in [9.17, 15) is 17.6 Å². The van der Waals surface area contributed by atoms with Crippen LogP contribution in [-0.4, -0.2) is 56.8 Å². The average Bonchev–Trinajstić information content (AvgIpc) is 2.90. The van der Waals surface area contributed by atoms with Crippen LogP contribution in [0.3, 0.4) is 0 Å². The third-order valence-corrected chi connectivity index (χ3v) is 6.16. The second-order valence-electron chi connectivity index (χ2n) is 7.03. The standard InChI is InChI=1S/C17H26FN3O3S/c1-12(2)15-10-21(11-16(15)19-25(23,24)20(3)4)17(22)9-13-6-5-7-14(18)8-13/h5-8,12,15-16,19H,9-11H2,1-4H3/t15-,16+/m0/s1. The molecule has 25 heavy (non-hydrogen) atoms. The molecule has 1 aliphatic rings. The molecule has 1 saturated heterocycles. The van der Waals surface area contributed by atoms with E-state index in [0.717, 1.165) is 4.31 Å². The molecule has 1 amide bonds. The van der Waals surface area contributed by atoms with E-state index in [2.05, 4.69) is 4.72 Å². The molecule has 0 radical (unpaired) electrons. The summed E-state index contributed by atoms with van der Waals surface area (Å²) < 4.78 is 41.4. The maximum atomic E-state index is 13.3. The highest BCUT2D eigenvalue weighted by atomic mass is 32.2. The van der Waals surface area contributed by atoms with Crippen molar-refractivity contribution in [1.29, 1.82) is 0 Å². The molecule has 0 aliphatic carbocycles. The van der Waals surface area contributed by atoms with Crippen LogP contribution in [-0.2, 0) is 21.4 Å². The molecule has 2 atom stereocenters. The summed E-state index contributed by atoms with van der Waals surface area (Å²) in [5.74, 6) is -0.237. The van der Waals surface area contributed by atoms with Gasteiger partial charge in [0.25, 0.3) is 10.2 Å². The fourth-order valence-corrected chi connectivity index (χ4v) is 3.91. The predicted molar refractivity (Wildman–Crippen MR) is 94.5 cm³/mol. The zero-order valence-electron chi connectivity index (χ0n) is 15.1. The lowest BCUT2D eigenvalue weighted by Gasteiger charge is -2.24. The van der Waals surface area contributed by atoms with Gasteiger partial charge in [-0.2, -0.15) is 17.4 Å². The number of rotatable bonds is 6. The van der Waals surface area contributed by atoms with Gasteiger partial charge in [0.15, 0.2) is 0 Å². The van der Waals surface area contributed by atoms with Crippen LogP contribution in [0.4, 0.5) is 4.39 Å². The number of nitrogens with zero attached hydrogens (tertiary/aromatic N) is 2. The van der Waals surface area contributed by atoms with Gasteiger partial charge in [-0.1, -0.05) is 26.0 Å². The van der Waals surface area contributed by atoms with E-state index in [1.54, 1.807) is 17.0 Å². The van der Waals surface area contributed by atoms with Crippen LogP contribution in [0, 0.1) is 17.7 Å². The van der Waals surface area contributed by atoms with Crippen LogP contribution in [0.5, 0.6) is 0 Å². The van der Waals surface area contributed by atoms with Crippen LogP contribution in [0.2, 0.25) is 0 Å². The van der Waals surface area contributed by atoms with Crippen LogP contribution in [0.25, 0.3) is 0 Å². The minimum Gasteiger partial charge on any atom is -0.340 e. The van der Waals surface area contributed by atoms with E-state index in [1.807, 2.05) is 13.8 Å². The molecule has 1 aromatic carbocycles. The number of carbonyl (C=O) groups is 1. The molecular weight excluding hydrogens is 345 g/mol. The summed E-state index contributed by atoms with van der Waals surface area (Å²) in [6, 6.07) is 5.64. The van der Waals surface area contributed by atoms with Crippen molar-refractivity contribution < 1.29 is 17.6 Å². The van der Waals surface area contributed by atoms with Gasteiger partial charge in [-0.25, -0.2) is 4.39 Å². The van der Waals surface area contributed by atoms with Crippen molar-refractivity contribution >= 4 is 16.1 Å². The molecule has 6 nitrogen and oxygen atoms in total. The Morgan fingerprint density at radius 2 is 2.04 bits per heavy atom. The molecule has 0 bridgehead atoms. The predicted octanol–water partition coefficient (Wildman–Crippen LogP) is 1.25. The lowest BCUT2D eigenvalue weighted by Crippen LogP contribution is -2.46. The van der Waals surface area contributed by atoms with Crippen molar-refractivity contribution in [3.05, 3.63) is 35.6 Å². The first-order valence-corrected chi connectivity index (χ1v) is 9.76. The van der Waals surface area contributed by atoms with Gasteiger partial charge < -0.3 is 4.90 Å². The number of nitrogens with one attached hydrogen (secondary N) is 1. The van der Waals surface area contributed by atoms with Gasteiger partial charge >= 0.3 is 0 Å². The summed E-state index contributed by atoms with van der Waals surface area (Å²) >= 11 is 0. The highest BCUT2D eigenvalue weighted by Crippen LogP contribution is 2.26. The van der Waals surface area contributed by atoms with Crippen molar-refractivity contribution in [2.75, 3.05) is 27.2 Å². The van der Waals surface area contributed by atoms with Crippen molar-refractivity contribution in [1.82, 2.24) is 13.9 Å². The van der Waals surface area contributed by atoms with Crippen molar-refractivity contribution in [3.63, 3.8) is 0 Å². The van der Waals surface area contributed by atoms with E-state index in [0.29, 0.717) is 18.7 Å². The molecule has 1 N–H and O–H groups in total. The largest absolute Gasteiger partial charge is 0.340 e. The molecule has 0 saturated carbocycles. The van der Waals surface area contributed by atoms with Crippen molar-refractivity contribution in [2.24, 2.45) is 11.8 Å². The van der Waals surface area contributed by atoms with Crippen LogP contribution < -0.4 is 4.72 Å². The number of amides is 1. The van der Waals surface area contributed by atoms with Gasteiger partial charge in [0.2, 0.25) is 5.91 Å². The van der Waals surface area contributed by atoms with E-state index in [4.69, 9.17) is 0 Å². The summed E-state index contributed by atoms with van der Waals surface area (Å²) in [7, 11) is -0.632. The molecule has 0 unspecified atom stereocenters. The minimum absolute atomic E-state index is 0.0335. The Labute approximate surface area is 149 Å². The maximum absolute atomic E-state index is 13.3. The zero-order valence-corrected chi connectivity index (χ0v) is 15.9. The summed E-state index contributed by atoms with van der Waals surface area (Å²) in [6.07, 6.45) is 0.107. The Morgan fingerprint density at radius 1 is 1.36 bits per heavy atom. The van der Waals surface area contributed by atoms with Gasteiger partial charge in [-0.05, 0) is 29.5 Å². The van der Waals surface area contributed by atoms with E-state index in [1.165, 1.54) is 26.2 Å². The van der Waals surface area contributed by atoms with Gasteiger partial charge in [0.05, 0.1) is 6.42 Å². The average molecular weight is 371 g/mol. The summed E-state index contributed by atoms with van der Waals surface area (Å²) in [4.78, 5) is 14.2. The van der Waals surface area contributed by atoms with Gasteiger partial charge in [0, 0.05) is 33.2 Å². The summed E-state index contributed by atoms with van der Waals surface area (Å²) in [6.45, 7) is 4.85.